The Hall–Kier alpha value is -3.04. The Morgan fingerprint density at radius 3 is 2.10 bits per heavy atom. The van der Waals surface area contributed by atoms with Gasteiger partial charge in [0.2, 0.25) is 5.91 Å². The molecule has 0 unspecified atom stereocenters. The van der Waals surface area contributed by atoms with E-state index in [0.29, 0.717) is 19.4 Å². The summed E-state index contributed by atoms with van der Waals surface area (Å²) in [6.07, 6.45) is 2.97. The van der Waals surface area contributed by atoms with Crippen molar-refractivity contribution < 1.29 is 28.8 Å². The van der Waals surface area contributed by atoms with Crippen LogP contribution in [0.5, 0.6) is 0 Å². The Bertz CT molecular complexity index is 741. The molecule has 0 bridgehead atoms. The predicted octanol–water partition coefficient (Wildman–Crippen LogP) is 0.301. The monoisotopic (exact) mass is 436 g/mol. The van der Waals surface area contributed by atoms with E-state index in [2.05, 4.69) is 10.6 Å². The van der Waals surface area contributed by atoms with E-state index in [1.807, 2.05) is 0 Å². The molecule has 2 atom stereocenters. The third kappa shape index (κ3) is 8.31. The van der Waals surface area contributed by atoms with Crippen LogP contribution in [0.1, 0.15) is 47.0 Å². The molecule has 4 N–H and O–H groups in total. The van der Waals surface area contributed by atoms with E-state index in [1.54, 1.807) is 27.7 Å². The van der Waals surface area contributed by atoms with Crippen molar-refractivity contribution in [2.45, 2.75) is 53.0 Å². The van der Waals surface area contributed by atoms with E-state index in [4.69, 9.17) is 5.73 Å². The molecule has 1 heterocycles. The maximum absolute atomic E-state index is 12.9. The molecule has 0 aromatic rings. The summed E-state index contributed by atoms with van der Waals surface area (Å²) in [4.78, 5) is 72.7. The Balaban J connectivity index is 2.77. The van der Waals surface area contributed by atoms with E-state index in [-0.39, 0.29) is 29.8 Å². The minimum Gasteiger partial charge on any atom is -0.352 e. The Morgan fingerprint density at radius 1 is 1.03 bits per heavy atom. The van der Waals surface area contributed by atoms with Gasteiger partial charge in [0.15, 0.2) is 5.78 Å². The number of rotatable bonds is 13. The highest BCUT2D eigenvalue weighted by atomic mass is 16.2. The van der Waals surface area contributed by atoms with Crippen molar-refractivity contribution in [3.8, 4) is 0 Å². The molecule has 10 nitrogen and oxygen atoms in total. The summed E-state index contributed by atoms with van der Waals surface area (Å²) in [5.41, 5.74) is 5.03. The molecule has 0 spiro atoms. The number of carbonyl (C=O) groups is 6. The average Bonchev–Trinajstić information content (AvgIpc) is 2.99. The highest BCUT2D eigenvalue weighted by molar-refractivity contribution is 6.14. The first-order chi connectivity index (χ1) is 14.4. The molecule has 0 aromatic heterocycles. The smallest absolute Gasteiger partial charge is 0.312 e. The fourth-order valence-electron chi connectivity index (χ4n) is 3.31. The average molecular weight is 437 g/mol. The first-order valence-electron chi connectivity index (χ1n) is 10.4. The number of imide groups is 1. The largest absolute Gasteiger partial charge is 0.352 e. The molecule has 0 aliphatic carbocycles. The van der Waals surface area contributed by atoms with Gasteiger partial charge in [0.05, 0.1) is 6.04 Å². The summed E-state index contributed by atoms with van der Waals surface area (Å²) >= 11 is 0. The van der Waals surface area contributed by atoms with Crippen molar-refractivity contribution >= 4 is 35.3 Å². The molecular weight excluding hydrogens is 404 g/mol. The number of nitrogens with zero attached hydrogens (tertiary/aromatic N) is 1. The van der Waals surface area contributed by atoms with Gasteiger partial charge in [-0.2, -0.15) is 0 Å². The summed E-state index contributed by atoms with van der Waals surface area (Å²) in [7, 11) is 0. The van der Waals surface area contributed by atoms with Crippen LogP contribution in [-0.4, -0.2) is 59.4 Å². The highest BCUT2D eigenvalue weighted by Crippen LogP contribution is 2.20. The normalized spacial score (nSPS) is 15.4. The molecule has 31 heavy (non-hydrogen) atoms. The Labute approximate surface area is 182 Å². The molecule has 10 heteroatoms. The van der Waals surface area contributed by atoms with Crippen molar-refractivity contribution in [1.29, 1.82) is 0 Å². The Morgan fingerprint density at radius 2 is 1.61 bits per heavy atom. The number of nitrogens with one attached hydrogen (secondary N) is 2. The molecule has 0 saturated carbocycles. The summed E-state index contributed by atoms with van der Waals surface area (Å²) in [5.74, 6) is -3.25. The van der Waals surface area contributed by atoms with Crippen molar-refractivity contribution in [2.75, 3.05) is 13.1 Å². The first kappa shape index (κ1) is 26.0. The molecule has 1 aliphatic rings. The molecule has 5 amide bonds. The summed E-state index contributed by atoms with van der Waals surface area (Å²) in [6, 6.07) is -1.52. The maximum atomic E-state index is 12.9. The van der Waals surface area contributed by atoms with E-state index in [1.165, 1.54) is 0 Å². The molecular formula is C21H32N4O6. The van der Waals surface area contributed by atoms with Crippen LogP contribution in [-0.2, 0) is 24.0 Å². The molecule has 1 rings (SSSR count). The van der Waals surface area contributed by atoms with Gasteiger partial charge in [-0.1, -0.05) is 27.7 Å². The standard InChI is InChI=1S/C21H32N4O6/c1-12(2)19(24-16(27)11-25-17(28)7-8-18(25)29)15(26)10-14(20(30)13(3)4)6-5-9-23-21(22)31/h7-8,12-14,19H,5-6,9-11H2,1-4H3,(H,24,27)(H3,22,23,31)/t14-,19+/m0/s1. The zero-order valence-corrected chi connectivity index (χ0v) is 18.5. The lowest BCUT2D eigenvalue weighted by Gasteiger charge is -2.25. The van der Waals surface area contributed by atoms with Gasteiger partial charge in [-0.05, 0) is 18.8 Å². The van der Waals surface area contributed by atoms with Crippen LogP contribution in [0.4, 0.5) is 4.79 Å². The molecule has 0 fully saturated rings. The topological polar surface area (TPSA) is 156 Å². The SMILES string of the molecule is CC(C)C(=O)[C@@H](CCCNC(N)=O)CC(=O)[C@H](NC(=O)CN1C(=O)C=CC1=O)C(C)C. The Kier molecular flexibility index (Phi) is 10.0. The fourth-order valence-corrected chi connectivity index (χ4v) is 3.31. The zero-order chi connectivity index (χ0) is 23.7. The number of urea groups is 1. The van der Waals surface area contributed by atoms with Crippen LogP contribution in [0.2, 0.25) is 0 Å². The van der Waals surface area contributed by atoms with Gasteiger partial charge in [0.25, 0.3) is 11.8 Å². The molecule has 1 aliphatic heterocycles. The minimum atomic E-state index is -0.862. The second kappa shape index (κ2) is 12.0. The van der Waals surface area contributed by atoms with Crippen LogP contribution >= 0.6 is 0 Å². The van der Waals surface area contributed by atoms with Crippen molar-refractivity contribution in [3.05, 3.63) is 12.2 Å². The van der Waals surface area contributed by atoms with Gasteiger partial charge in [-0.25, -0.2) is 4.79 Å². The fraction of sp³-hybridized carbons (Fsp3) is 0.619. The molecule has 0 aromatic carbocycles. The second-order valence-electron chi connectivity index (χ2n) is 8.24. The van der Waals surface area contributed by atoms with Crippen molar-refractivity contribution in [2.24, 2.45) is 23.5 Å². The third-order valence-corrected chi connectivity index (χ3v) is 4.98. The van der Waals surface area contributed by atoms with Crippen molar-refractivity contribution in [3.63, 3.8) is 0 Å². The van der Waals surface area contributed by atoms with Crippen LogP contribution in [0, 0.1) is 17.8 Å². The number of primary amides is 1. The van der Waals surface area contributed by atoms with Gasteiger partial charge < -0.3 is 16.4 Å². The number of hydrogen-bond donors (Lipinski definition) is 3. The molecule has 0 saturated heterocycles. The van der Waals surface area contributed by atoms with Crippen LogP contribution in [0.25, 0.3) is 0 Å². The van der Waals surface area contributed by atoms with Gasteiger partial charge >= 0.3 is 6.03 Å². The number of carbonyl (C=O) groups excluding carboxylic acids is 6. The van der Waals surface area contributed by atoms with Gasteiger partial charge in [-0.15, -0.1) is 0 Å². The van der Waals surface area contributed by atoms with Crippen LogP contribution in [0.15, 0.2) is 12.2 Å². The lowest BCUT2D eigenvalue weighted by molar-refractivity contribution is -0.141. The quantitative estimate of drug-likeness (QED) is 0.278. The third-order valence-electron chi connectivity index (χ3n) is 4.98. The summed E-state index contributed by atoms with van der Waals surface area (Å²) in [6.45, 7) is 6.83. The molecule has 172 valence electrons. The number of hydrogen-bond acceptors (Lipinski definition) is 6. The summed E-state index contributed by atoms with van der Waals surface area (Å²) in [5, 5.41) is 5.04. The van der Waals surface area contributed by atoms with E-state index < -0.39 is 42.3 Å². The summed E-state index contributed by atoms with van der Waals surface area (Å²) < 4.78 is 0. The lowest BCUT2D eigenvalue weighted by atomic mass is 9.84. The van der Waals surface area contributed by atoms with Crippen LogP contribution in [0.3, 0.4) is 0 Å². The van der Waals surface area contributed by atoms with E-state index >= 15 is 0 Å². The number of nitrogens with two attached hydrogens (primary N) is 1. The first-order valence-corrected chi connectivity index (χ1v) is 10.4. The van der Waals surface area contributed by atoms with Gasteiger partial charge in [0.1, 0.15) is 12.3 Å². The van der Waals surface area contributed by atoms with E-state index in [0.717, 1.165) is 17.1 Å². The molecule has 0 radical (unpaired) electrons. The van der Waals surface area contributed by atoms with Gasteiger partial charge in [0, 0.05) is 37.0 Å². The second-order valence-corrected chi connectivity index (χ2v) is 8.24. The predicted molar refractivity (Wildman–Crippen MR) is 112 cm³/mol. The minimum absolute atomic E-state index is 0.0557. The van der Waals surface area contributed by atoms with E-state index in [9.17, 15) is 28.8 Å². The number of amides is 5. The number of Topliss-reactive ketones (excluding diaryl/α,β-unsaturated/α-hetero) is 2. The van der Waals surface area contributed by atoms with Crippen molar-refractivity contribution in [1.82, 2.24) is 15.5 Å². The zero-order valence-electron chi connectivity index (χ0n) is 18.5. The number of ketones is 2. The maximum Gasteiger partial charge on any atom is 0.312 e. The highest BCUT2D eigenvalue weighted by Gasteiger charge is 2.32. The van der Waals surface area contributed by atoms with Gasteiger partial charge in [-0.3, -0.25) is 28.9 Å². The van der Waals surface area contributed by atoms with Crippen LogP contribution < -0.4 is 16.4 Å². The lowest BCUT2D eigenvalue weighted by Crippen LogP contribution is -2.49.